The summed E-state index contributed by atoms with van der Waals surface area (Å²) in [7, 11) is 0. The minimum Gasteiger partial charge on any atom is -0.481 e. The Labute approximate surface area is 74.5 Å². The molecule has 0 aliphatic carbocycles. The van der Waals surface area contributed by atoms with E-state index in [-0.39, 0.29) is 4.16 Å². The van der Waals surface area contributed by atoms with Crippen molar-refractivity contribution in [1.82, 2.24) is 0 Å². The Morgan fingerprint density at radius 3 is 2.30 bits per heavy atom. The van der Waals surface area contributed by atoms with Crippen molar-refractivity contribution in [3.8, 4) is 0 Å². The smallest absolute Gasteiger partial charge is 0.311 e. The average molecular weight is 227 g/mol. The number of halogens is 1. The molecule has 0 aliphatic heterocycles. The van der Waals surface area contributed by atoms with Gasteiger partial charge in [0.25, 0.3) is 0 Å². The molecule has 0 saturated carbocycles. The van der Waals surface area contributed by atoms with Gasteiger partial charge in [-0.25, -0.2) is 0 Å². The standard InChI is InChI=1S/C6H11BrO2S/c1-3-6(2,4(7)10)5(8)9/h4,10H,3H2,1-2H3,(H,8,9). The van der Waals surface area contributed by atoms with Crippen molar-refractivity contribution in [1.29, 1.82) is 0 Å². The monoisotopic (exact) mass is 226 g/mol. The molecule has 0 rings (SSSR count). The Kier molecular flexibility index (Phi) is 3.73. The van der Waals surface area contributed by atoms with E-state index in [0.29, 0.717) is 6.42 Å². The Balaban J connectivity index is 4.38. The predicted octanol–water partition coefficient (Wildman–Crippen LogP) is 2.14. The van der Waals surface area contributed by atoms with E-state index in [2.05, 4.69) is 28.6 Å². The SMILES string of the molecule is CCC(C)(C(=O)O)C(S)Br. The van der Waals surface area contributed by atoms with Gasteiger partial charge in [0.15, 0.2) is 0 Å². The van der Waals surface area contributed by atoms with Crippen LogP contribution in [0.5, 0.6) is 0 Å². The second kappa shape index (κ2) is 3.62. The van der Waals surface area contributed by atoms with Crippen LogP contribution in [0.2, 0.25) is 0 Å². The highest BCUT2D eigenvalue weighted by molar-refractivity contribution is 9.11. The molecule has 0 fully saturated rings. The third kappa shape index (κ3) is 1.89. The van der Waals surface area contributed by atoms with Gasteiger partial charge in [-0.05, 0) is 13.3 Å². The van der Waals surface area contributed by atoms with Crippen molar-refractivity contribution in [2.75, 3.05) is 0 Å². The molecule has 0 saturated heterocycles. The van der Waals surface area contributed by atoms with Crippen LogP contribution in [0.25, 0.3) is 0 Å². The van der Waals surface area contributed by atoms with Crippen molar-refractivity contribution in [2.45, 2.75) is 24.4 Å². The third-order valence-corrected chi connectivity index (χ3v) is 3.33. The molecule has 0 amide bonds. The molecule has 0 heterocycles. The number of aliphatic carboxylic acids is 1. The van der Waals surface area contributed by atoms with Gasteiger partial charge < -0.3 is 5.11 Å². The lowest BCUT2D eigenvalue weighted by molar-refractivity contribution is -0.147. The number of hydrogen-bond donors (Lipinski definition) is 2. The second-order valence-corrected chi connectivity index (χ2v) is 4.55. The van der Waals surface area contributed by atoms with Gasteiger partial charge in [-0.2, -0.15) is 12.6 Å². The van der Waals surface area contributed by atoms with Crippen molar-refractivity contribution in [3.63, 3.8) is 0 Å². The first kappa shape index (κ1) is 10.3. The van der Waals surface area contributed by atoms with Crippen molar-refractivity contribution in [3.05, 3.63) is 0 Å². The molecule has 2 atom stereocenters. The van der Waals surface area contributed by atoms with E-state index in [1.165, 1.54) is 0 Å². The summed E-state index contributed by atoms with van der Waals surface area (Å²) in [4.78, 5) is 10.6. The van der Waals surface area contributed by atoms with E-state index in [1.54, 1.807) is 6.92 Å². The molecule has 0 spiro atoms. The number of hydrogen-bond acceptors (Lipinski definition) is 2. The summed E-state index contributed by atoms with van der Waals surface area (Å²) in [5.74, 6) is -0.813. The lowest BCUT2D eigenvalue weighted by atomic mass is 9.90. The highest BCUT2D eigenvalue weighted by Gasteiger charge is 2.36. The maximum atomic E-state index is 10.6. The molecular formula is C6H11BrO2S. The molecule has 2 nitrogen and oxygen atoms in total. The predicted molar refractivity (Wildman–Crippen MR) is 47.7 cm³/mol. The zero-order valence-corrected chi connectivity index (χ0v) is 8.45. The summed E-state index contributed by atoms with van der Waals surface area (Å²) in [5.41, 5.74) is -0.761. The molecule has 0 aromatic heterocycles. The summed E-state index contributed by atoms with van der Waals surface area (Å²) in [6, 6.07) is 0. The molecule has 0 aromatic rings. The zero-order chi connectivity index (χ0) is 8.36. The first-order valence-corrected chi connectivity index (χ1v) is 4.44. The zero-order valence-electron chi connectivity index (χ0n) is 5.97. The summed E-state index contributed by atoms with van der Waals surface area (Å²) in [6.45, 7) is 3.50. The van der Waals surface area contributed by atoms with Gasteiger partial charge in [-0.15, -0.1) is 0 Å². The summed E-state index contributed by atoms with van der Waals surface area (Å²) in [5, 5.41) is 8.72. The molecule has 2 unspecified atom stereocenters. The van der Waals surface area contributed by atoms with Gasteiger partial charge in [-0.3, -0.25) is 4.79 Å². The van der Waals surface area contributed by atoms with Crippen LogP contribution in [0.4, 0.5) is 0 Å². The van der Waals surface area contributed by atoms with E-state index < -0.39 is 11.4 Å². The highest BCUT2D eigenvalue weighted by Crippen LogP contribution is 2.33. The average Bonchev–Trinajstić information content (AvgIpc) is 1.85. The molecule has 10 heavy (non-hydrogen) atoms. The minimum absolute atomic E-state index is 0.289. The van der Waals surface area contributed by atoms with Gasteiger partial charge in [0.2, 0.25) is 0 Å². The van der Waals surface area contributed by atoms with Crippen LogP contribution in [-0.4, -0.2) is 15.2 Å². The topological polar surface area (TPSA) is 37.3 Å². The van der Waals surface area contributed by atoms with Crippen LogP contribution >= 0.6 is 28.6 Å². The fraction of sp³-hybridized carbons (Fsp3) is 0.833. The van der Waals surface area contributed by atoms with Crippen molar-refractivity contribution in [2.24, 2.45) is 5.41 Å². The fourth-order valence-electron chi connectivity index (χ4n) is 0.422. The maximum absolute atomic E-state index is 10.6. The normalized spacial score (nSPS) is 19.6. The number of carboxylic acids is 1. The quantitative estimate of drug-likeness (QED) is 0.572. The van der Waals surface area contributed by atoms with Crippen LogP contribution < -0.4 is 0 Å². The van der Waals surface area contributed by atoms with Gasteiger partial charge in [-0.1, -0.05) is 22.9 Å². The van der Waals surface area contributed by atoms with E-state index >= 15 is 0 Å². The molecule has 0 bridgehead atoms. The van der Waals surface area contributed by atoms with Gasteiger partial charge >= 0.3 is 5.97 Å². The van der Waals surface area contributed by atoms with Gasteiger partial charge in [0.1, 0.15) is 0 Å². The Bertz CT molecular complexity index is 138. The van der Waals surface area contributed by atoms with E-state index in [1.807, 2.05) is 6.92 Å². The third-order valence-electron chi connectivity index (χ3n) is 1.75. The first-order valence-electron chi connectivity index (χ1n) is 3.00. The largest absolute Gasteiger partial charge is 0.481 e. The van der Waals surface area contributed by atoms with Crippen molar-refractivity contribution >= 4 is 34.5 Å². The molecular weight excluding hydrogens is 216 g/mol. The highest BCUT2D eigenvalue weighted by atomic mass is 79.9. The lowest BCUT2D eigenvalue weighted by Crippen LogP contribution is -2.32. The Morgan fingerprint density at radius 1 is 1.90 bits per heavy atom. The Morgan fingerprint density at radius 2 is 2.30 bits per heavy atom. The molecule has 0 aliphatic rings. The maximum Gasteiger partial charge on any atom is 0.311 e. The van der Waals surface area contributed by atoms with Crippen LogP contribution in [0.3, 0.4) is 0 Å². The second-order valence-electron chi connectivity index (χ2n) is 2.41. The number of carbonyl (C=O) groups is 1. The number of rotatable bonds is 3. The fourth-order valence-corrected chi connectivity index (χ4v) is 1.23. The molecule has 0 radical (unpaired) electrons. The first-order chi connectivity index (χ1) is 4.45. The van der Waals surface area contributed by atoms with Crippen molar-refractivity contribution < 1.29 is 9.90 Å². The van der Waals surface area contributed by atoms with E-state index in [0.717, 1.165) is 0 Å². The number of thiol groups is 1. The lowest BCUT2D eigenvalue weighted by Gasteiger charge is -2.24. The van der Waals surface area contributed by atoms with Gasteiger partial charge in [0.05, 0.1) is 9.57 Å². The molecule has 60 valence electrons. The van der Waals surface area contributed by atoms with Crippen LogP contribution in [0.1, 0.15) is 20.3 Å². The summed E-state index contributed by atoms with van der Waals surface area (Å²) in [6.07, 6.45) is 0.571. The minimum atomic E-state index is -0.813. The van der Waals surface area contributed by atoms with Gasteiger partial charge in [0, 0.05) is 0 Å². The van der Waals surface area contributed by atoms with E-state index in [4.69, 9.17) is 5.11 Å². The van der Waals surface area contributed by atoms with Crippen LogP contribution in [-0.2, 0) is 4.79 Å². The van der Waals surface area contributed by atoms with E-state index in [9.17, 15) is 4.79 Å². The van der Waals surface area contributed by atoms with Crippen LogP contribution in [0.15, 0.2) is 0 Å². The molecule has 4 heteroatoms. The summed E-state index contributed by atoms with van der Waals surface area (Å²) < 4.78 is -0.289. The molecule has 1 N–H and O–H groups in total. The molecule has 0 aromatic carbocycles. The van der Waals surface area contributed by atoms with Crippen LogP contribution in [0, 0.1) is 5.41 Å². The summed E-state index contributed by atoms with van der Waals surface area (Å²) >= 11 is 7.18. The Hall–Kier alpha value is 0.300. The number of alkyl halides is 1. The number of carboxylic acid groups (broad SMARTS) is 1.